The van der Waals surface area contributed by atoms with Crippen molar-refractivity contribution in [2.24, 2.45) is 71.9 Å². The van der Waals surface area contributed by atoms with Crippen LogP contribution in [0.3, 0.4) is 0 Å². The van der Waals surface area contributed by atoms with Gasteiger partial charge in [-0.05, 0) is 162 Å². The number of nitrogens with two attached hydrogens (primary N) is 3. The summed E-state index contributed by atoms with van der Waals surface area (Å²) in [5.74, 6) is -3.73. The fourth-order valence-corrected chi connectivity index (χ4v) is 7.98. The first kappa shape index (κ1) is 133. The number of carbonyl (C=O) groups excluding carboxylic acids is 12. The van der Waals surface area contributed by atoms with E-state index in [1.54, 1.807) is 20.8 Å². The predicted octanol–water partition coefficient (Wildman–Crippen LogP) is 17.3. The number of Topliss-reactive ketones (excluding diaryl/α,β-unsaturated/α-hetero) is 1. The summed E-state index contributed by atoms with van der Waals surface area (Å²) in [7, 11) is -1.75. The first-order valence-electron chi connectivity index (χ1n) is 43.1. The van der Waals surface area contributed by atoms with Gasteiger partial charge in [0.25, 0.3) is 0 Å². The lowest BCUT2D eigenvalue weighted by Gasteiger charge is -2.29. The average molecular weight is 1910 g/mol. The first-order valence-corrected chi connectivity index (χ1v) is 46.1. The van der Waals surface area contributed by atoms with Gasteiger partial charge in [-0.25, -0.2) is 27.6 Å². The van der Waals surface area contributed by atoms with Gasteiger partial charge in [0.15, 0.2) is 5.78 Å². The van der Waals surface area contributed by atoms with Crippen molar-refractivity contribution in [3.63, 3.8) is 0 Å². The second-order valence-corrected chi connectivity index (χ2v) is 45.9. The van der Waals surface area contributed by atoms with Gasteiger partial charge in [-0.1, -0.05) is 229 Å². The molecule has 0 spiro atoms. The van der Waals surface area contributed by atoms with Crippen LogP contribution in [0.15, 0.2) is 0 Å². The summed E-state index contributed by atoms with van der Waals surface area (Å²) in [6.07, 6.45) is 1.88. The summed E-state index contributed by atoms with van der Waals surface area (Å²) >= 11 is 16.0. The summed E-state index contributed by atoms with van der Waals surface area (Å²) in [6.45, 7) is 71.5. The zero-order chi connectivity index (χ0) is 102. The Kier molecular flexibility index (Phi) is 64.9. The van der Waals surface area contributed by atoms with Crippen molar-refractivity contribution in [3.05, 3.63) is 0 Å². The Balaban J connectivity index is -0.000000256. The van der Waals surface area contributed by atoms with Gasteiger partial charge in [0.2, 0.25) is 3.79 Å². The van der Waals surface area contributed by atoms with E-state index < -0.39 is 80.1 Å². The lowest BCUT2D eigenvalue weighted by Crippen LogP contribution is -2.37. The quantitative estimate of drug-likeness (QED) is 0.0174. The SMILES string of the molecule is CCS(=O)(=O)CCCC(=O)O[C@H](C)C(C)(C)C.COC(=O)NCC(=O)O[C@H](C)C(C)(C)C.C[C@@H](OC(=O)CC(=O)C(Cl)(Cl)Cl)C(C)(C)C.C[C@@H](OC(=O)CC1CC1)C(C)(C)C.C[C@@H](OC(=O)CCC(=O)O)C(C)(C)C.C[C@@H](OC(=O)CN)C(C)(C)C.C[C@@H](OC(=O)CNC(N)=O)C(C)(C)C.C[C@@H](OC(=O)OC1CCC(O)CC1)C(C)(C)C.C[C@@H](OC(N)=O)C(C)(C)C. The van der Waals surface area contributed by atoms with Gasteiger partial charge in [0.1, 0.15) is 90.4 Å². The van der Waals surface area contributed by atoms with E-state index in [9.17, 15) is 75.9 Å². The van der Waals surface area contributed by atoms with Gasteiger partial charge in [-0.15, -0.1) is 0 Å². The van der Waals surface area contributed by atoms with Crippen LogP contribution in [0.2, 0.25) is 0 Å². The fourth-order valence-electron chi connectivity index (χ4n) is 6.91. The fraction of sp³-hybridized carbons (Fsp3) is 0.856. The van der Waals surface area contributed by atoms with Crippen LogP contribution in [0, 0.1) is 54.7 Å². The molecule has 750 valence electrons. The number of hydrogen-bond donors (Lipinski definition) is 7. The Hall–Kier alpha value is -6.75. The zero-order valence-corrected chi connectivity index (χ0v) is 87.3. The van der Waals surface area contributed by atoms with Crippen molar-refractivity contribution in [2.45, 2.75) is 404 Å². The second-order valence-electron chi connectivity index (χ2n) is 41.1. The Labute approximate surface area is 776 Å². The van der Waals surface area contributed by atoms with Crippen LogP contribution in [-0.4, -0.2) is 206 Å². The number of methoxy groups -OCH3 is 1. The van der Waals surface area contributed by atoms with E-state index in [2.05, 4.69) is 36.1 Å². The minimum absolute atomic E-state index is 0.00910. The van der Waals surface area contributed by atoms with Crippen LogP contribution >= 0.6 is 34.8 Å². The van der Waals surface area contributed by atoms with Crippen LogP contribution in [-0.2, 0) is 105 Å². The smallest absolute Gasteiger partial charge is 0.481 e. The Morgan fingerprint density at radius 3 is 0.992 bits per heavy atom. The number of ketones is 1. The number of hydrogen-bond acceptors (Lipinski definition) is 28. The van der Waals surface area contributed by atoms with Crippen molar-refractivity contribution in [3.8, 4) is 0 Å². The molecular formula is C90H170Cl3N5O28S. The molecule has 0 saturated heterocycles. The third kappa shape index (κ3) is 79.9. The van der Waals surface area contributed by atoms with Gasteiger partial charge >= 0.3 is 72.1 Å². The van der Waals surface area contributed by atoms with Crippen molar-refractivity contribution in [2.75, 3.05) is 38.2 Å². The van der Waals surface area contributed by atoms with E-state index in [0.717, 1.165) is 12.8 Å². The van der Waals surface area contributed by atoms with Crippen LogP contribution in [0.25, 0.3) is 0 Å². The summed E-state index contributed by atoms with van der Waals surface area (Å²) in [5, 5.41) is 22.1. The minimum atomic E-state index is -2.98. The van der Waals surface area contributed by atoms with Gasteiger partial charge in [-0.3, -0.25) is 43.2 Å². The molecule has 0 unspecified atom stereocenters. The predicted molar refractivity (Wildman–Crippen MR) is 494 cm³/mol. The number of nitrogens with one attached hydrogen (secondary N) is 2. The van der Waals surface area contributed by atoms with Gasteiger partial charge in [0.05, 0.1) is 38.4 Å². The third-order valence-corrected chi connectivity index (χ3v) is 22.8. The van der Waals surface area contributed by atoms with Gasteiger partial charge in [0, 0.05) is 18.6 Å². The highest BCUT2D eigenvalue weighted by Crippen LogP contribution is 2.35. The number of alkyl halides is 3. The topological polar surface area (TPSA) is 500 Å². The largest absolute Gasteiger partial charge is 0.508 e. The highest BCUT2D eigenvalue weighted by atomic mass is 35.6. The molecule has 33 nitrogen and oxygen atoms in total. The molecule has 4 amide bonds. The number of urea groups is 1. The van der Waals surface area contributed by atoms with Crippen molar-refractivity contribution in [1.82, 2.24) is 10.6 Å². The number of esters is 7. The number of aliphatic carboxylic acids is 1. The lowest BCUT2D eigenvalue weighted by atomic mass is 9.90. The highest BCUT2D eigenvalue weighted by molar-refractivity contribution is 7.91. The highest BCUT2D eigenvalue weighted by Gasteiger charge is 2.36. The average Bonchev–Trinajstić information content (AvgIpc) is 1.77. The number of amides is 4. The van der Waals surface area contributed by atoms with Crippen LogP contribution < -0.4 is 27.8 Å². The number of sulfone groups is 1. The standard InChI is InChI=1S/C13H24O4.C12H24O4S.C11H20O2.C10H15Cl3O3.C10H19NO4.C10H18O4.C9H18N2O3.C8H17NO2.C7H15NO2/c1-9(13(2,3)4)16-12(15)17-11-7-5-10(14)6-8-11;1-6-17(14,15)9-7-8-11(13)16-10(2)12(3,4)5;1-8(11(2,3)4)13-10(12)7-9-5-6-9;1-6(9(2,3)4)16-8(15)5-7(14)10(11,12)13;1-7(10(2,3)4)15-8(12)6-11-9(13)14-5;1-7(10(2,3)4)14-9(13)6-5-8(11)12;1-6(9(2,3)4)14-7(12)5-11-8(10)13;1-6(8(2,3)4)11-7(10)5-9;1-5(7(2,3)4)10-6(8)9/h9-11,14H,5-8H2,1-4H3;10H,6-9H2,1-5H3;8-9H,5-7H2,1-4H3;6H,5H2,1-4H3;7H,6H2,1-5H3,(H,11,13);7H,5-6H2,1-4H3,(H,11,12);6H,5H2,1-4H3,(H3,10,11,13);6H,5,9H2,1-4H3;5H,1-4H3,(H2,8,9)/t9-,10?,11?;10-;8-;6-;2*7-;2*6-;5-/m111111111/s1. The molecule has 37 heteroatoms. The van der Waals surface area contributed by atoms with E-state index in [1.807, 2.05) is 215 Å². The maximum Gasteiger partial charge on any atom is 0.508 e. The number of ether oxygens (including phenoxy) is 11. The molecule has 0 heterocycles. The van der Waals surface area contributed by atoms with E-state index in [-0.39, 0.29) is 184 Å². The number of primary amides is 2. The molecule has 9 atom stereocenters. The van der Waals surface area contributed by atoms with E-state index >= 15 is 0 Å². The van der Waals surface area contributed by atoms with E-state index in [0.29, 0.717) is 31.6 Å². The van der Waals surface area contributed by atoms with Crippen molar-refractivity contribution < 1.29 is 133 Å². The molecule has 2 rings (SSSR count). The number of rotatable bonds is 27. The molecule has 10 N–H and O–H groups in total. The molecular weight excluding hydrogens is 1740 g/mol. The third-order valence-electron chi connectivity index (χ3n) is 20.3. The normalized spacial score (nSPS) is 16.2. The van der Waals surface area contributed by atoms with Gasteiger partial charge in [-0.2, -0.15) is 0 Å². The molecule has 0 aliphatic heterocycles. The number of carbonyl (C=O) groups is 13. The maximum atomic E-state index is 11.5. The molecule has 0 radical (unpaired) electrons. The molecule has 2 saturated carbocycles. The zero-order valence-electron chi connectivity index (χ0n) is 84.2. The van der Waals surface area contributed by atoms with Crippen LogP contribution in [0.5, 0.6) is 0 Å². The minimum Gasteiger partial charge on any atom is -0.481 e. The van der Waals surface area contributed by atoms with Gasteiger partial charge < -0.3 is 90.2 Å². The summed E-state index contributed by atoms with van der Waals surface area (Å²) in [4.78, 5) is 142. The summed E-state index contributed by atoms with van der Waals surface area (Å²) in [5.41, 5.74) is 14.0. The molecule has 0 aromatic rings. The number of aliphatic hydroxyl groups is 1. The number of alkyl carbamates (subject to hydrolysis) is 1. The Morgan fingerprint density at radius 2 is 0.709 bits per heavy atom. The second kappa shape index (κ2) is 61.8. The molecule has 2 aliphatic rings. The number of carboxylic acid groups (broad SMARTS) is 1. The molecule has 2 aliphatic carbocycles. The molecule has 0 bridgehead atoms. The maximum absolute atomic E-state index is 11.5. The van der Waals surface area contributed by atoms with Crippen LogP contribution in [0.4, 0.5) is 19.2 Å². The van der Waals surface area contributed by atoms with E-state index in [1.165, 1.54) is 20.0 Å². The van der Waals surface area contributed by atoms with Crippen molar-refractivity contribution in [1.29, 1.82) is 0 Å². The summed E-state index contributed by atoms with van der Waals surface area (Å²) in [6, 6.07) is -0.731. The molecule has 0 aromatic heterocycles. The molecule has 127 heavy (non-hydrogen) atoms. The monoisotopic (exact) mass is 1910 g/mol. The Bertz CT molecular complexity index is 3320. The van der Waals surface area contributed by atoms with Crippen LogP contribution in [0.1, 0.15) is 333 Å². The molecule has 0 aromatic carbocycles. The first-order chi connectivity index (χ1) is 56.6. The summed E-state index contributed by atoms with van der Waals surface area (Å²) < 4.78 is 75.7. The molecule has 2 fully saturated rings. The van der Waals surface area contributed by atoms with E-state index in [4.69, 9.17) is 104 Å². The lowest BCUT2D eigenvalue weighted by molar-refractivity contribution is -0.156. The number of aliphatic hydroxyl groups excluding tert-OH is 1. The number of halogens is 3. The Morgan fingerprint density at radius 1 is 0.409 bits per heavy atom. The van der Waals surface area contributed by atoms with Crippen molar-refractivity contribution >= 4 is 123 Å². The number of carboxylic acids is 1.